The summed E-state index contributed by atoms with van der Waals surface area (Å²) in [5, 5.41) is 17.6. The van der Waals surface area contributed by atoms with Gasteiger partial charge in [0.25, 0.3) is 0 Å². The monoisotopic (exact) mass is 316 g/mol. The summed E-state index contributed by atoms with van der Waals surface area (Å²) in [4.78, 5) is 0. The fourth-order valence-electron chi connectivity index (χ4n) is 2.69. The van der Waals surface area contributed by atoms with Crippen LogP contribution in [0.1, 0.15) is 37.6 Å². The minimum atomic E-state index is 0.0953. The molecule has 0 aliphatic carbocycles. The largest absolute Gasteiger partial charge is 0.211 e. The molecule has 120 valence electrons. The lowest BCUT2D eigenvalue weighted by molar-refractivity contribution is 0.590. The van der Waals surface area contributed by atoms with Gasteiger partial charge in [-0.2, -0.15) is 5.26 Å². The zero-order valence-corrected chi connectivity index (χ0v) is 14.4. The third kappa shape index (κ3) is 2.93. The molecular weight excluding hydrogens is 296 g/mol. The number of rotatable bonds is 2. The van der Waals surface area contributed by atoms with Crippen LogP contribution in [0, 0.1) is 18.3 Å². The van der Waals surface area contributed by atoms with Gasteiger partial charge in [0.2, 0.25) is 0 Å². The van der Waals surface area contributed by atoms with E-state index in [9.17, 15) is 5.26 Å². The van der Waals surface area contributed by atoms with Crippen molar-refractivity contribution in [1.82, 2.24) is 15.0 Å². The van der Waals surface area contributed by atoms with E-state index in [1.165, 1.54) is 5.56 Å². The molecule has 2 aromatic carbocycles. The molecule has 0 aliphatic heterocycles. The summed E-state index contributed by atoms with van der Waals surface area (Å²) in [5.74, 6) is 0. The maximum Gasteiger partial charge on any atom is 0.191 e. The maximum absolute atomic E-state index is 9.39. The molecule has 0 saturated carbocycles. The van der Waals surface area contributed by atoms with Crippen molar-refractivity contribution in [3.63, 3.8) is 0 Å². The first-order chi connectivity index (χ1) is 11.4. The predicted molar refractivity (Wildman–Crippen MR) is 94.9 cm³/mol. The third-order valence-electron chi connectivity index (χ3n) is 4.05. The van der Waals surface area contributed by atoms with Gasteiger partial charge in [0.05, 0.1) is 5.69 Å². The standard InChI is InChI=1S/C20H20N4/c1-14-6-5-7-15(12-14)19-18(13-21)22-23-24(19)17-10-8-16(9-11-17)20(2,3)4/h5-12H,1-4H3. The Kier molecular flexibility index (Phi) is 3.94. The summed E-state index contributed by atoms with van der Waals surface area (Å²) in [6, 6.07) is 18.4. The molecule has 0 amide bonds. The molecule has 3 aromatic rings. The van der Waals surface area contributed by atoms with E-state index in [2.05, 4.69) is 49.3 Å². The number of aromatic nitrogens is 3. The highest BCUT2D eigenvalue weighted by molar-refractivity contribution is 5.67. The minimum Gasteiger partial charge on any atom is -0.211 e. The zero-order chi connectivity index (χ0) is 17.3. The van der Waals surface area contributed by atoms with Crippen LogP contribution in [-0.4, -0.2) is 15.0 Å². The van der Waals surface area contributed by atoms with Crippen LogP contribution in [0.15, 0.2) is 48.5 Å². The summed E-state index contributed by atoms with van der Waals surface area (Å²) in [6.07, 6.45) is 0. The van der Waals surface area contributed by atoms with E-state index >= 15 is 0 Å². The molecule has 1 heterocycles. The molecule has 0 unspecified atom stereocenters. The van der Waals surface area contributed by atoms with Crippen molar-refractivity contribution in [3.8, 4) is 23.0 Å². The van der Waals surface area contributed by atoms with Crippen LogP contribution >= 0.6 is 0 Å². The van der Waals surface area contributed by atoms with Crippen LogP contribution < -0.4 is 0 Å². The average Bonchev–Trinajstić information content (AvgIpc) is 2.98. The summed E-state index contributed by atoms with van der Waals surface area (Å²) in [5.41, 5.74) is 5.38. The summed E-state index contributed by atoms with van der Waals surface area (Å²) in [7, 11) is 0. The van der Waals surface area contributed by atoms with Crippen LogP contribution in [0.25, 0.3) is 16.9 Å². The molecule has 4 nitrogen and oxygen atoms in total. The van der Waals surface area contributed by atoms with Gasteiger partial charge in [-0.25, -0.2) is 4.68 Å². The second-order valence-electron chi connectivity index (χ2n) is 6.98. The van der Waals surface area contributed by atoms with E-state index in [0.29, 0.717) is 5.69 Å². The van der Waals surface area contributed by atoms with Crippen molar-refractivity contribution in [3.05, 3.63) is 65.4 Å². The van der Waals surface area contributed by atoms with Crippen molar-refractivity contribution >= 4 is 0 Å². The molecule has 3 rings (SSSR count). The maximum atomic E-state index is 9.39. The Morgan fingerprint density at radius 3 is 2.33 bits per heavy atom. The molecule has 0 spiro atoms. The van der Waals surface area contributed by atoms with Gasteiger partial charge in [-0.05, 0) is 36.1 Å². The first-order valence-corrected chi connectivity index (χ1v) is 7.94. The lowest BCUT2D eigenvalue weighted by atomic mass is 9.87. The number of aryl methyl sites for hydroxylation is 1. The Hall–Kier alpha value is -2.93. The fourth-order valence-corrected chi connectivity index (χ4v) is 2.69. The van der Waals surface area contributed by atoms with Gasteiger partial charge in [0, 0.05) is 5.56 Å². The van der Waals surface area contributed by atoms with Crippen molar-refractivity contribution < 1.29 is 0 Å². The average molecular weight is 316 g/mol. The molecule has 4 heteroatoms. The lowest BCUT2D eigenvalue weighted by Gasteiger charge is -2.19. The van der Waals surface area contributed by atoms with Crippen molar-refractivity contribution in [2.75, 3.05) is 0 Å². The van der Waals surface area contributed by atoms with Crippen molar-refractivity contribution in [2.24, 2.45) is 0 Å². The van der Waals surface area contributed by atoms with Gasteiger partial charge >= 0.3 is 0 Å². The van der Waals surface area contributed by atoms with Crippen molar-refractivity contribution in [2.45, 2.75) is 33.1 Å². The van der Waals surface area contributed by atoms with Gasteiger partial charge in [0.15, 0.2) is 5.69 Å². The summed E-state index contributed by atoms with van der Waals surface area (Å²) < 4.78 is 1.74. The zero-order valence-electron chi connectivity index (χ0n) is 14.4. The van der Waals surface area contributed by atoms with Gasteiger partial charge in [0.1, 0.15) is 11.8 Å². The highest BCUT2D eigenvalue weighted by Gasteiger charge is 2.18. The molecule has 0 atom stereocenters. The highest BCUT2D eigenvalue weighted by Crippen LogP contribution is 2.27. The van der Waals surface area contributed by atoms with Gasteiger partial charge < -0.3 is 0 Å². The van der Waals surface area contributed by atoms with E-state index in [1.54, 1.807) is 4.68 Å². The van der Waals surface area contributed by atoms with Crippen LogP contribution in [0.3, 0.4) is 0 Å². The van der Waals surface area contributed by atoms with Gasteiger partial charge in [-0.3, -0.25) is 0 Å². The Balaban J connectivity index is 2.13. The normalized spacial score (nSPS) is 11.3. The van der Waals surface area contributed by atoms with E-state index in [-0.39, 0.29) is 5.41 Å². The number of hydrogen-bond donors (Lipinski definition) is 0. The topological polar surface area (TPSA) is 54.5 Å². The van der Waals surface area contributed by atoms with Crippen LogP contribution in [0.5, 0.6) is 0 Å². The van der Waals surface area contributed by atoms with Crippen LogP contribution in [0.4, 0.5) is 0 Å². The number of nitriles is 1. The van der Waals surface area contributed by atoms with Gasteiger partial charge in [-0.1, -0.05) is 61.9 Å². The number of benzene rings is 2. The smallest absolute Gasteiger partial charge is 0.191 e. The molecule has 0 fully saturated rings. The van der Waals surface area contributed by atoms with E-state index in [0.717, 1.165) is 22.5 Å². The Morgan fingerprint density at radius 1 is 1.04 bits per heavy atom. The molecule has 0 bridgehead atoms. The minimum absolute atomic E-state index is 0.0953. The molecule has 1 aromatic heterocycles. The molecule has 0 radical (unpaired) electrons. The molecular formula is C20H20N4. The van der Waals surface area contributed by atoms with Crippen molar-refractivity contribution in [1.29, 1.82) is 5.26 Å². The van der Waals surface area contributed by atoms with E-state index in [1.807, 2.05) is 43.3 Å². The molecule has 24 heavy (non-hydrogen) atoms. The SMILES string of the molecule is Cc1cccc(-c2c(C#N)nnn2-c2ccc(C(C)(C)C)cc2)c1. The summed E-state index contributed by atoms with van der Waals surface area (Å²) >= 11 is 0. The Morgan fingerprint density at radius 2 is 1.75 bits per heavy atom. The Labute approximate surface area is 142 Å². The fraction of sp³-hybridized carbons (Fsp3) is 0.250. The predicted octanol–water partition coefficient (Wildman–Crippen LogP) is 4.41. The number of hydrogen-bond acceptors (Lipinski definition) is 3. The second kappa shape index (κ2) is 5.93. The lowest BCUT2D eigenvalue weighted by Crippen LogP contribution is -2.11. The first kappa shape index (κ1) is 15.9. The first-order valence-electron chi connectivity index (χ1n) is 7.94. The number of nitrogens with zero attached hydrogens (tertiary/aromatic N) is 4. The molecule has 0 aliphatic rings. The molecule has 0 saturated heterocycles. The van der Waals surface area contributed by atoms with E-state index < -0.39 is 0 Å². The second-order valence-corrected chi connectivity index (χ2v) is 6.98. The molecule has 0 N–H and O–H groups in total. The quantitative estimate of drug-likeness (QED) is 0.703. The highest BCUT2D eigenvalue weighted by atomic mass is 15.4. The van der Waals surface area contributed by atoms with Crippen LogP contribution in [-0.2, 0) is 5.41 Å². The Bertz CT molecular complexity index is 906. The van der Waals surface area contributed by atoms with Gasteiger partial charge in [-0.15, -0.1) is 5.10 Å². The van der Waals surface area contributed by atoms with Crippen LogP contribution in [0.2, 0.25) is 0 Å². The third-order valence-corrected chi connectivity index (χ3v) is 4.05. The van der Waals surface area contributed by atoms with E-state index in [4.69, 9.17) is 0 Å². The summed E-state index contributed by atoms with van der Waals surface area (Å²) in [6.45, 7) is 8.58.